The summed E-state index contributed by atoms with van der Waals surface area (Å²) in [7, 11) is 1.66. The molecule has 0 aliphatic rings. The van der Waals surface area contributed by atoms with Gasteiger partial charge in [-0.25, -0.2) is 9.98 Å². The van der Waals surface area contributed by atoms with E-state index in [0.29, 0.717) is 18.9 Å². The van der Waals surface area contributed by atoms with Gasteiger partial charge in [-0.1, -0.05) is 36.4 Å². The van der Waals surface area contributed by atoms with E-state index < -0.39 is 0 Å². The minimum atomic E-state index is 0.502. The van der Waals surface area contributed by atoms with Gasteiger partial charge in [-0.3, -0.25) is 0 Å². The topological polar surface area (TPSA) is 67.8 Å². The van der Waals surface area contributed by atoms with E-state index in [-0.39, 0.29) is 0 Å². The zero-order valence-corrected chi connectivity index (χ0v) is 19.2. The molecule has 2 N–H and O–H groups in total. The minimum Gasteiger partial charge on any atom is -0.493 e. The maximum Gasteiger partial charge on any atom is 0.191 e. The average Bonchev–Trinajstić information content (AvgIpc) is 3.21. The van der Waals surface area contributed by atoms with Gasteiger partial charge in [0, 0.05) is 30.6 Å². The Morgan fingerprint density at radius 3 is 2.61 bits per heavy atom. The predicted molar refractivity (Wildman–Crippen MR) is 127 cm³/mol. The highest BCUT2D eigenvalue weighted by Gasteiger charge is 2.07. The van der Waals surface area contributed by atoms with Crippen LogP contribution in [-0.2, 0) is 19.6 Å². The standard InChI is InChI=1S/C24H30N4O2S/c1-4-25-24(26-13-12-23-27-15-18(2)31-23)28-16-20-10-11-21(22(14-20)29-3)30-17-19-8-6-5-7-9-19/h5-11,14-15H,4,12-13,16-17H2,1-3H3,(H2,25,26,28). The molecular formula is C24H30N4O2S. The van der Waals surface area contributed by atoms with Crippen molar-refractivity contribution in [2.24, 2.45) is 4.99 Å². The van der Waals surface area contributed by atoms with Gasteiger partial charge in [0.2, 0.25) is 0 Å². The lowest BCUT2D eigenvalue weighted by Crippen LogP contribution is -2.38. The normalized spacial score (nSPS) is 11.3. The number of thiazole rings is 1. The number of hydrogen-bond donors (Lipinski definition) is 2. The number of rotatable bonds is 10. The summed E-state index contributed by atoms with van der Waals surface area (Å²) in [6.07, 6.45) is 2.80. The number of ether oxygens (including phenoxy) is 2. The molecule has 2 aromatic carbocycles. The van der Waals surface area contributed by atoms with Gasteiger partial charge in [-0.15, -0.1) is 11.3 Å². The number of guanidine groups is 1. The van der Waals surface area contributed by atoms with Crippen LogP contribution >= 0.6 is 11.3 Å². The van der Waals surface area contributed by atoms with E-state index in [2.05, 4.69) is 29.5 Å². The molecule has 0 bridgehead atoms. The van der Waals surface area contributed by atoms with Crippen LogP contribution in [0.4, 0.5) is 0 Å². The molecule has 6 nitrogen and oxygen atoms in total. The van der Waals surface area contributed by atoms with Gasteiger partial charge < -0.3 is 20.1 Å². The Bertz CT molecular complexity index is 973. The Morgan fingerprint density at radius 1 is 1.06 bits per heavy atom. The summed E-state index contributed by atoms with van der Waals surface area (Å²) in [6, 6.07) is 16.0. The molecule has 0 unspecified atom stereocenters. The minimum absolute atomic E-state index is 0.502. The van der Waals surface area contributed by atoms with Crippen molar-refractivity contribution in [2.45, 2.75) is 33.4 Å². The quantitative estimate of drug-likeness (QED) is 0.364. The van der Waals surface area contributed by atoms with Crippen molar-refractivity contribution in [2.75, 3.05) is 20.2 Å². The molecular weight excluding hydrogens is 408 g/mol. The van der Waals surface area contributed by atoms with E-state index in [1.165, 1.54) is 4.88 Å². The van der Waals surface area contributed by atoms with E-state index in [9.17, 15) is 0 Å². The first-order valence-electron chi connectivity index (χ1n) is 10.4. The summed E-state index contributed by atoms with van der Waals surface area (Å²) in [5, 5.41) is 7.80. The van der Waals surface area contributed by atoms with Crippen LogP contribution in [0, 0.1) is 6.92 Å². The lowest BCUT2D eigenvalue weighted by Gasteiger charge is -2.13. The van der Waals surface area contributed by atoms with Crippen LogP contribution < -0.4 is 20.1 Å². The van der Waals surface area contributed by atoms with Crippen molar-refractivity contribution in [1.29, 1.82) is 0 Å². The third-order valence-electron chi connectivity index (χ3n) is 4.53. The second-order valence-electron chi connectivity index (χ2n) is 7.00. The first-order valence-corrected chi connectivity index (χ1v) is 11.3. The van der Waals surface area contributed by atoms with E-state index in [1.807, 2.05) is 54.7 Å². The molecule has 0 aliphatic carbocycles. The Balaban J connectivity index is 1.57. The van der Waals surface area contributed by atoms with Crippen LogP contribution in [-0.4, -0.2) is 31.1 Å². The fourth-order valence-corrected chi connectivity index (χ4v) is 3.77. The largest absolute Gasteiger partial charge is 0.493 e. The van der Waals surface area contributed by atoms with Crippen molar-refractivity contribution < 1.29 is 9.47 Å². The molecule has 3 rings (SSSR count). The predicted octanol–water partition coefficient (Wildman–Crippen LogP) is 4.34. The van der Waals surface area contributed by atoms with E-state index in [0.717, 1.165) is 47.4 Å². The maximum absolute atomic E-state index is 5.94. The number of methoxy groups -OCH3 is 1. The fourth-order valence-electron chi connectivity index (χ4n) is 2.98. The summed E-state index contributed by atoms with van der Waals surface area (Å²) in [6.45, 7) is 6.77. The van der Waals surface area contributed by atoms with E-state index >= 15 is 0 Å². The van der Waals surface area contributed by atoms with Crippen molar-refractivity contribution in [3.05, 3.63) is 75.7 Å². The number of benzene rings is 2. The van der Waals surface area contributed by atoms with Crippen LogP contribution in [0.2, 0.25) is 0 Å². The molecule has 7 heteroatoms. The number of nitrogens with one attached hydrogen (secondary N) is 2. The van der Waals surface area contributed by atoms with E-state index in [4.69, 9.17) is 14.5 Å². The molecule has 0 aliphatic heterocycles. The Hall–Kier alpha value is -3.06. The second-order valence-corrected chi connectivity index (χ2v) is 8.32. The third kappa shape index (κ3) is 7.29. The number of aliphatic imine (C=N–C) groups is 1. The molecule has 0 atom stereocenters. The number of nitrogens with zero attached hydrogens (tertiary/aromatic N) is 2. The average molecular weight is 439 g/mol. The molecule has 0 fully saturated rings. The third-order valence-corrected chi connectivity index (χ3v) is 5.50. The highest BCUT2D eigenvalue weighted by molar-refractivity contribution is 7.11. The molecule has 0 saturated carbocycles. The summed E-state index contributed by atoms with van der Waals surface area (Å²) in [5.41, 5.74) is 2.17. The fraction of sp³-hybridized carbons (Fsp3) is 0.333. The van der Waals surface area contributed by atoms with Crippen molar-refractivity contribution in [3.63, 3.8) is 0 Å². The van der Waals surface area contributed by atoms with Gasteiger partial charge in [0.1, 0.15) is 6.61 Å². The van der Waals surface area contributed by atoms with Crippen LogP contribution in [0.3, 0.4) is 0 Å². The highest BCUT2D eigenvalue weighted by Crippen LogP contribution is 2.29. The molecule has 0 radical (unpaired) electrons. The van der Waals surface area contributed by atoms with Gasteiger partial charge in [0.15, 0.2) is 17.5 Å². The lowest BCUT2D eigenvalue weighted by molar-refractivity contribution is 0.284. The number of aryl methyl sites for hydroxylation is 1. The summed E-state index contributed by atoms with van der Waals surface area (Å²) >= 11 is 1.73. The Kier molecular flexibility index (Phi) is 8.72. The zero-order chi connectivity index (χ0) is 21.9. The molecule has 0 saturated heterocycles. The molecule has 31 heavy (non-hydrogen) atoms. The number of aromatic nitrogens is 1. The highest BCUT2D eigenvalue weighted by atomic mass is 32.1. The van der Waals surface area contributed by atoms with Crippen molar-refractivity contribution in [3.8, 4) is 11.5 Å². The molecule has 0 amide bonds. The van der Waals surface area contributed by atoms with Gasteiger partial charge in [0.05, 0.1) is 18.7 Å². The number of hydrogen-bond acceptors (Lipinski definition) is 5. The monoisotopic (exact) mass is 438 g/mol. The SMILES string of the molecule is CCNC(=NCc1ccc(OCc2ccccc2)c(OC)c1)NCCc1ncc(C)s1. The van der Waals surface area contributed by atoms with Gasteiger partial charge in [-0.05, 0) is 37.1 Å². The van der Waals surface area contributed by atoms with Gasteiger partial charge in [-0.2, -0.15) is 0 Å². The molecule has 0 spiro atoms. The van der Waals surface area contributed by atoms with E-state index in [1.54, 1.807) is 18.4 Å². The maximum atomic E-state index is 5.94. The van der Waals surface area contributed by atoms with Gasteiger partial charge >= 0.3 is 0 Å². The molecule has 3 aromatic rings. The van der Waals surface area contributed by atoms with Crippen LogP contribution in [0.1, 0.15) is 27.9 Å². The van der Waals surface area contributed by atoms with Crippen LogP contribution in [0.25, 0.3) is 0 Å². The molecule has 1 heterocycles. The lowest BCUT2D eigenvalue weighted by atomic mass is 10.2. The van der Waals surface area contributed by atoms with Crippen LogP contribution in [0.5, 0.6) is 11.5 Å². The van der Waals surface area contributed by atoms with Gasteiger partial charge in [0.25, 0.3) is 0 Å². The molecule has 1 aromatic heterocycles. The zero-order valence-electron chi connectivity index (χ0n) is 18.4. The smallest absolute Gasteiger partial charge is 0.191 e. The van der Waals surface area contributed by atoms with Crippen molar-refractivity contribution in [1.82, 2.24) is 15.6 Å². The Morgan fingerprint density at radius 2 is 1.90 bits per heavy atom. The summed E-state index contributed by atoms with van der Waals surface area (Å²) in [4.78, 5) is 10.3. The second kappa shape index (κ2) is 12.0. The van der Waals surface area contributed by atoms with Crippen LogP contribution in [0.15, 0.2) is 59.7 Å². The molecule has 164 valence electrons. The first kappa shape index (κ1) is 22.6. The Labute approximate surface area is 188 Å². The summed E-state index contributed by atoms with van der Waals surface area (Å²) in [5.74, 6) is 2.22. The van der Waals surface area contributed by atoms with Crippen molar-refractivity contribution >= 4 is 17.3 Å². The first-order chi connectivity index (χ1) is 15.2. The summed E-state index contributed by atoms with van der Waals surface area (Å²) < 4.78 is 11.5.